The molecule has 2 rings (SSSR count). The van der Waals surface area contributed by atoms with Gasteiger partial charge in [-0.3, -0.25) is 4.79 Å². The van der Waals surface area contributed by atoms with Gasteiger partial charge >= 0.3 is 0 Å². The molecule has 1 unspecified atom stereocenters. The molecule has 1 atom stereocenters. The summed E-state index contributed by atoms with van der Waals surface area (Å²) in [6, 6.07) is 0.259. The van der Waals surface area contributed by atoms with Gasteiger partial charge in [-0.05, 0) is 26.2 Å². The van der Waals surface area contributed by atoms with Gasteiger partial charge in [0, 0.05) is 19.1 Å². The number of aromatic nitrogens is 2. The number of unbranched alkanes of at least 4 members (excludes halogenated alkanes) is 2. The van der Waals surface area contributed by atoms with Gasteiger partial charge in [0.25, 0.3) is 0 Å². The van der Waals surface area contributed by atoms with Crippen molar-refractivity contribution in [3.63, 3.8) is 0 Å². The molecule has 1 aliphatic rings. The lowest BCUT2D eigenvalue weighted by atomic mass is 10.1. The van der Waals surface area contributed by atoms with Crippen LogP contribution >= 0.6 is 23.1 Å². The molecule has 22 heavy (non-hydrogen) atoms. The molecule has 1 aromatic heterocycles. The molecule has 1 fully saturated rings. The molecule has 5 nitrogen and oxygen atoms in total. The van der Waals surface area contributed by atoms with Gasteiger partial charge in [0.15, 0.2) is 4.34 Å². The Bertz CT molecular complexity index is 460. The summed E-state index contributed by atoms with van der Waals surface area (Å²) >= 11 is 3.08. The minimum Gasteiger partial charge on any atom is -0.353 e. The zero-order chi connectivity index (χ0) is 15.8. The van der Waals surface area contributed by atoms with Crippen molar-refractivity contribution in [3.8, 4) is 0 Å². The Kier molecular flexibility index (Phi) is 7.45. The smallest absolute Gasteiger partial charge is 0.230 e. The van der Waals surface area contributed by atoms with Gasteiger partial charge < -0.3 is 10.2 Å². The number of rotatable bonds is 9. The maximum Gasteiger partial charge on any atom is 0.230 e. The summed E-state index contributed by atoms with van der Waals surface area (Å²) in [4.78, 5) is 14.2. The molecule has 0 bridgehead atoms. The fourth-order valence-corrected chi connectivity index (χ4v) is 4.22. The zero-order valence-electron chi connectivity index (χ0n) is 13.5. The van der Waals surface area contributed by atoms with Crippen molar-refractivity contribution in [2.24, 2.45) is 0 Å². The van der Waals surface area contributed by atoms with E-state index in [0.717, 1.165) is 29.0 Å². The average molecular weight is 343 g/mol. The van der Waals surface area contributed by atoms with Crippen LogP contribution in [-0.4, -0.2) is 41.0 Å². The van der Waals surface area contributed by atoms with E-state index in [1.165, 1.54) is 43.9 Å². The van der Waals surface area contributed by atoms with E-state index in [2.05, 4.69) is 34.3 Å². The number of carbonyl (C=O) groups is 1. The van der Waals surface area contributed by atoms with Gasteiger partial charge in [-0.25, -0.2) is 0 Å². The molecule has 124 valence electrons. The van der Waals surface area contributed by atoms with Crippen LogP contribution in [0.2, 0.25) is 0 Å². The third-order valence-corrected chi connectivity index (χ3v) is 5.86. The first kappa shape index (κ1) is 17.5. The highest BCUT2D eigenvalue weighted by Gasteiger charge is 2.17. The number of anilines is 1. The molecule has 0 spiro atoms. The Balaban J connectivity index is 1.67. The second-order valence-electron chi connectivity index (χ2n) is 5.80. The van der Waals surface area contributed by atoms with Crippen molar-refractivity contribution in [1.29, 1.82) is 0 Å². The molecule has 1 amide bonds. The summed E-state index contributed by atoms with van der Waals surface area (Å²) < 4.78 is 0.885. The Labute approximate surface area is 141 Å². The number of carbonyl (C=O) groups excluding carboxylic acids is 1. The molecule has 2 heterocycles. The Hall–Kier alpha value is -0.820. The molecule has 0 radical (unpaired) electrons. The molecule has 0 aromatic carbocycles. The summed E-state index contributed by atoms with van der Waals surface area (Å²) in [6.45, 7) is 6.43. The number of thioether (sulfide) groups is 1. The van der Waals surface area contributed by atoms with Crippen LogP contribution in [0.3, 0.4) is 0 Å². The van der Waals surface area contributed by atoms with E-state index in [0.29, 0.717) is 5.75 Å². The predicted octanol–water partition coefficient (Wildman–Crippen LogP) is 3.32. The number of nitrogens with one attached hydrogen (secondary N) is 1. The minimum absolute atomic E-state index is 0.0897. The van der Waals surface area contributed by atoms with Gasteiger partial charge in [0.05, 0.1) is 5.75 Å². The van der Waals surface area contributed by atoms with Gasteiger partial charge in [0.2, 0.25) is 11.0 Å². The topological polar surface area (TPSA) is 58.1 Å². The molecule has 1 aromatic rings. The van der Waals surface area contributed by atoms with Crippen LogP contribution in [0.25, 0.3) is 0 Å². The minimum atomic E-state index is 0.0897. The van der Waals surface area contributed by atoms with Gasteiger partial charge in [-0.1, -0.05) is 49.3 Å². The van der Waals surface area contributed by atoms with Gasteiger partial charge in [-0.2, -0.15) is 0 Å². The van der Waals surface area contributed by atoms with Crippen LogP contribution in [0.1, 0.15) is 52.4 Å². The normalized spacial score (nSPS) is 16.0. The predicted molar refractivity (Wildman–Crippen MR) is 93.8 cm³/mol. The molecule has 0 saturated carbocycles. The second-order valence-corrected chi connectivity index (χ2v) is 7.98. The van der Waals surface area contributed by atoms with E-state index in [1.807, 2.05) is 0 Å². The summed E-state index contributed by atoms with van der Waals surface area (Å²) in [6.07, 6.45) is 7.16. The largest absolute Gasteiger partial charge is 0.353 e. The Morgan fingerprint density at radius 3 is 2.86 bits per heavy atom. The van der Waals surface area contributed by atoms with E-state index in [-0.39, 0.29) is 11.9 Å². The number of nitrogens with zero attached hydrogens (tertiary/aromatic N) is 3. The monoisotopic (exact) mass is 342 g/mol. The SMILES string of the molecule is CCCCCC(C)NC(=O)CSc1nnc(N2CCCC2)s1. The van der Waals surface area contributed by atoms with Crippen molar-refractivity contribution < 1.29 is 4.79 Å². The first-order valence-corrected chi connectivity index (χ1v) is 10.00. The van der Waals surface area contributed by atoms with Crippen molar-refractivity contribution in [3.05, 3.63) is 0 Å². The number of hydrogen-bond donors (Lipinski definition) is 1. The lowest BCUT2D eigenvalue weighted by Gasteiger charge is -2.13. The fraction of sp³-hybridized carbons (Fsp3) is 0.800. The highest BCUT2D eigenvalue weighted by atomic mass is 32.2. The lowest BCUT2D eigenvalue weighted by molar-refractivity contribution is -0.119. The second kappa shape index (κ2) is 9.35. The van der Waals surface area contributed by atoms with Crippen LogP contribution in [-0.2, 0) is 4.79 Å². The molecule has 7 heteroatoms. The third kappa shape index (κ3) is 5.76. The molecular weight excluding hydrogens is 316 g/mol. The van der Waals surface area contributed by atoms with E-state index < -0.39 is 0 Å². The van der Waals surface area contributed by atoms with E-state index in [9.17, 15) is 4.79 Å². The van der Waals surface area contributed by atoms with Crippen molar-refractivity contribution >= 4 is 34.1 Å². The van der Waals surface area contributed by atoms with Gasteiger partial charge in [0.1, 0.15) is 0 Å². The summed E-state index contributed by atoms with van der Waals surface area (Å²) in [5.41, 5.74) is 0. The van der Waals surface area contributed by atoms with Crippen LogP contribution in [0.5, 0.6) is 0 Å². The third-order valence-electron chi connectivity index (χ3n) is 3.75. The van der Waals surface area contributed by atoms with Crippen LogP contribution < -0.4 is 10.2 Å². The van der Waals surface area contributed by atoms with Crippen molar-refractivity contribution in [2.75, 3.05) is 23.7 Å². The average Bonchev–Trinajstić information content (AvgIpc) is 3.16. The zero-order valence-corrected chi connectivity index (χ0v) is 15.1. The first-order chi connectivity index (χ1) is 10.7. The standard InChI is InChI=1S/C15H26N4OS2/c1-3-4-5-8-12(2)16-13(20)11-21-15-18-17-14(22-15)19-9-6-7-10-19/h12H,3-11H2,1-2H3,(H,16,20). The highest BCUT2D eigenvalue weighted by Crippen LogP contribution is 2.29. The summed E-state index contributed by atoms with van der Waals surface area (Å²) in [5, 5.41) is 12.5. The summed E-state index contributed by atoms with van der Waals surface area (Å²) in [5.74, 6) is 0.513. The quantitative estimate of drug-likeness (QED) is 0.551. The maximum atomic E-state index is 11.9. The molecule has 0 aliphatic carbocycles. The Morgan fingerprint density at radius 2 is 2.14 bits per heavy atom. The van der Waals surface area contributed by atoms with E-state index in [4.69, 9.17) is 0 Å². The molecule has 1 aliphatic heterocycles. The summed E-state index contributed by atoms with van der Waals surface area (Å²) in [7, 11) is 0. The van der Waals surface area contributed by atoms with Crippen LogP contribution in [0.15, 0.2) is 4.34 Å². The highest BCUT2D eigenvalue weighted by molar-refractivity contribution is 8.01. The van der Waals surface area contributed by atoms with Crippen molar-refractivity contribution in [1.82, 2.24) is 15.5 Å². The Morgan fingerprint density at radius 1 is 1.36 bits per heavy atom. The number of hydrogen-bond acceptors (Lipinski definition) is 6. The molecular formula is C15H26N4OS2. The molecule has 1 saturated heterocycles. The van der Waals surface area contributed by atoms with E-state index in [1.54, 1.807) is 11.3 Å². The van der Waals surface area contributed by atoms with E-state index >= 15 is 0 Å². The number of amides is 1. The lowest BCUT2D eigenvalue weighted by Crippen LogP contribution is -2.33. The van der Waals surface area contributed by atoms with Crippen LogP contribution in [0, 0.1) is 0 Å². The van der Waals surface area contributed by atoms with Gasteiger partial charge in [-0.15, -0.1) is 10.2 Å². The first-order valence-electron chi connectivity index (χ1n) is 8.19. The van der Waals surface area contributed by atoms with Crippen LogP contribution in [0.4, 0.5) is 5.13 Å². The van der Waals surface area contributed by atoms with Crippen molar-refractivity contribution in [2.45, 2.75) is 62.8 Å². The fourth-order valence-electron chi connectivity index (χ4n) is 2.51. The maximum absolute atomic E-state index is 11.9. The molecule has 1 N–H and O–H groups in total.